The Bertz CT molecular complexity index is 182. The SMILES string of the molecule is CCSC1CCCC1NC(C)CCC(C)C. The Hall–Kier alpha value is 0.310. The summed E-state index contributed by atoms with van der Waals surface area (Å²) >= 11 is 2.15. The van der Waals surface area contributed by atoms with Crippen LogP contribution in [-0.2, 0) is 0 Å². The average Bonchev–Trinajstić information content (AvgIpc) is 2.63. The molecule has 0 bridgehead atoms. The lowest BCUT2D eigenvalue weighted by Crippen LogP contribution is -2.40. The highest BCUT2D eigenvalue weighted by molar-refractivity contribution is 7.99. The summed E-state index contributed by atoms with van der Waals surface area (Å²) in [5, 5.41) is 4.73. The van der Waals surface area contributed by atoms with E-state index in [0.717, 1.165) is 17.2 Å². The number of rotatable bonds is 7. The maximum atomic E-state index is 3.85. The molecule has 2 heteroatoms. The molecular formula is C14H29NS. The maximum Gasteiger partial charge on any atom is 0.0201 e. The van der Waals surface area contributed by atoms with Crippen molar-refractivity contribution < 1.29 is 0 Å². The molecule has 1 saturated carbocycles. The molecule has 1 nitrogen and oxygen atoms in total. The highest BCUT2D eigenvalue weighted by Gasteiger charge is 2.27. The van der Waals surface area contributed by atoms with Crippen LogP contribution in [-0.4, -0.2) is 23.1 Å². The molecule has 0 spiro atoms. The van der Waals surface area contributed by atoms with E-state index in [1.165, 1.54) is 37.9 Å². The zero-order valence-electron chi connectivity index (χ0n) is 11.5. The lowest BCUT2D eigenvalue weighted by Gasteiger charge is -2.25. The lowest BCUT2D eigenvalue weighted by molar-refractivity contribution is 0.405. The summed E-state index contributed by atoms with van der Waals surface area (Å²) in [5.74, 6) is 2.11. The quantitative estimate of drug-likeness (QED) is 0.723. The number of thioether (sulfide) groups is 1. The van der Waals surface area contributed by atoms with Crippen LogP contribution in [0.1, 0.15) is 59.8 Å². The van der Waals surface area contributed by atoms with E-state index in [-0.39, 0.29) is 0 Å². The Labute approximate surface area is 106 Å². The normalized spacial score (nSPS) is 27.6. The Morgan fingerprint density at radius 1 is 1.19 bits per heavy atom. The highest BCUT2D eigenvalue weighted by Crippen LogP contribution is 2.30. The van der Waals surface area contributed by atoms with E-state index in [1.54, 1.807) is 0 Å². The smallest absolute Gasteiger partial charge is 0.0201 e. The van der Waals surface area contributed by atoms with Gasteiger partial charge >= 0.3 is 0 Å². The van der Waals surface area contributed by atoms with Crippen LogP contribution in [0.4, 0.5) is 0 Å². The van der Waals surface area contributed by atoms with E-state index in [4.69, 9.17) is 0 Å². The first kappa shape index (κ1) is 14.4. The second kappa shape index (κ2) is 7.60. The molecule has 0 aromatic carbocycles. The number of hydrogen-bond acceptors (Lipinski definition) is 2. The van der Waals surface area contributed by atoms with Crippen molar-refractivity contribution >= 4 is 11.8 Å². The first-order chi connectivity index (χ1) is 7.63. The summed E-state index contributed by atoms with van der Waals surface area (Å²) in [6.07, 6.45) is 6.92. The van der Waals surface area contributed by atoms with E-state index in [1.807, 2.05) is 0 Å². The Morgan fingerprint density at radius 3 is 2.56 bits per heavy atom. The van der Waals surface area contributed by atoms with Gasteiger partial charge in [0.1, 0.15) is 0 Å². The summed E-state index contributed by atoms with van der Waals surface area (Å²) in [6, 6.07) is 1.48. The van der Waals surface area contributed by atoms with Gasteiger partial charge in [-0.1, -0.05) is 27.2 Å². The van der Waals surface area contributed by atoms with Gasteiger partial charge in [0.15, 0.2) is 0 Å². The third-order valence-corrected chi connectivity index (χ3v) is 4.83. The van der Waals surface area contributed by atoms with E-state index >= 15 is 0 Å². The van der Waals surface area contributed by atoms with Crippen LogP contribution in [0.5, 0.6) is 0 Å². The zero-order valence-corrected chi connectivity index (χ0v) is 12.3. The van der Waals surface area contributed by atoms with Crippen molar-refractivity contribution in [1.29, 1.82) is 0 Å². The van der Waals surface area contributed by atoms with Crippen molar-refractivity contribution in [2.45, 2.75) is 77.1 Å². The second-order valence-corrected chi connectivity index (χ2v) is 7.09. The van der Waals surface area contributed by atoms with E-state index < -0.39 is 0 Å². The summed E-state index contributed by atoms with van der Waals surface area (Å²) in [5.41, 5.74) is 0. The second-order valence-electron chi connectivity index (χ2n) is 5.57. The summed E-state index contributed by atoms with van der Waals surface area (Å²) in [7, 11) is 0. The predicted octanol–water partition coefficient (Wildman–Crippen LogP) is 4.07. The molecule has 1 aliphatic rings. The van der Waals surface area contributed by atoms with Crippen molar-refractivity contribution in [3.63, 3.8) is 0 Å². The van der Waals surface area contributed by atoms with Crippen LogP contribution in [0, 0.1) is 5.92 Å². The Morgan fingerprint density at radius 2 is 1.94 bits per heavy atom. The van der Waals surface area contributed by atoms with E-state index in [2.05, 4.69) is 44.8 Å². The van der Waals surface area contributed by atoms with Gasteiger partial charge in [-0.3, -0.25) is 0 Å². The van der Waals surface area contributed by atoms with Gasteiger partial charge in [0, 0.05) is 17.3 Å². The minimum absolute atomic E-state index is 0.699. The first-order valence-corrected chi connectivity index (χ1v) is 8.06. The molecular weight excluding hydrogens is 214 g/mol. The lowest BCUT2D eigenvalue weighted by atomic mass is 10.0. The third kappa shape index (κ3) is 5.09. The summed E-state index contributed by atoms with van der Waals surface area (Å²) in [6.45, 7) is 9.27. The molecule has 0 aromatic rings. The van der Waals surface area contributed by atoms with Crippen LogP contribution in [0.15, 0.2) is 0 Å². The Balaban J connectivity index is 2.23. The highest BCUT2D eigenvalue weighted by atomic mass is 32.2. The molecule has 0 aromatic heterocycles. The fourth-order valence-corrected chi connectivity index (χ4v) is 3.77. The molecule has 0 heterocycles. The minimum Gasteiger partial charge on any atom is -0.310 e. The van der Waals surface area contributed by atoms with Crippen molar-refractivity contribution in [2.24, 2.45) is 5.92 Å². The van der Waals surface area contributed by atoms with Gasteiger partial charge in [-0.25, -0.2) is 0 Å². The molecule has 1 aliphatic carbocycles. The van der Waals surface area contributed by atoms with Gasteiger partial charge in [0.25, 0.3) is 0 Å². The van der Waals surface area contributed by atoms with E-state index in [0.29, 0.717) is 6.04 Å². The minimum atomic E-state index is 0.699. The standard InChI is InChI=1S/C14H29NS/c1-5-16-14-8-6-7-13(14)15-12(4)10-9-11(2)3/h11-15H,5-10H2,1-4H3. The monoisotopic (exact) mass is 243 g/mol. The number of hydrogen-bond donors (Lipinski definition) is 1. The molecule has 3 atom stereocenters. The first-order valence-electron chi connectivity index (χ1n) is 7.01. The topological polar surface area (TPSA) is 12.0 Å². The van der Waals surface area contributed by atoms with Crippen LogP contribution >= 0.6 is 11.8 Å². The maximum absolute atomic E-state index is 3.85. The van der Waals surface area contributed by atoms with Crippen LogP contribution < -0.4 is 5.32 Å². The van der Waals surface area contributed by atoms with Gasteiger partial charge in [-0.2, -0.15) is 11.8 Å². The van der Waals surface area contributed by atoms with Gasteiger partial charge in [0.05, 0.1) is 0 Å². The fourth-order valence-electron chi connectivity index (χ4n) is 2.56. The zero-order chi connectivity index (χ0) is 12.0. The molecule has 16 heavy (non-hydrogen) atoms. The van der Waals surface area contributed by atoms with Gasteiger partial charge < -0.3 is 5.32 Å². The summed E-state index contributed by atoms with van der Waals surface area (Å²) < 4.78 is 0. The average molecular weight is 243 g/mol. The molecule has 0 aliphatic heterocycles. The molecule has 0 saturated heterocycles. The van der Waals surface area contributed by atoms with Gasteiger partial charge in [-0.15, -0.1) is 0 Å². The van der Waals surface area contributed by atoms with E-state index in [9.17, 15) is 0 Å². The fraction of sp³-hybridized carbons (Fsp3) is 1.00. The van der Waals surface area contributed by atoms with Crippen LogP contribution in [0.25, 0.3) is 0 Å². The largest absolute Gasteiger partial charge is 0.310 e. The number of nitrogens with one attached hydrogen (secondary N) is 1. The van der Waals surface area contributed by atoms with Gasteiger partial charge in [0.2, 0.25) is 0 Å². The molecule has 1 N–H and O–H groups in total. The molecule has 1 fully saturated rings. The van der Waals surface area contributed by atoms with Crippen molar-refractivity contribution in [2.75, 3.05) is 5.75 Å². The molecule has 1 rings (SSSR count). The Kier molecular flexibility index (Phi) is 6.83. The van der Waals surface area contributed by atoms with Crippen molar-refractivity contribution in [1.82, 2.24) is 5.32 Å². The molecule has 3 unspecified atom stereocenters. The summed E-state index contributed by atoms with van der Waals surface area (Å²) in [4.78, 5) is 0. The van der Waals surface area contributed by atoms with Crippen molar-refractivity contribution in [3.8, 4) is 0 Å². The van der Waals surface area contributed by atoms with Crippen molar-refractivity contribution in [3.05, 3.63) is 0 Å². The predicted molar refractivity (Wildman–Crippen MR) is 76.2 cm³/mol. The molecule has 0 amide bonds. The van der Waals surface area contributed by atoms with Crippen LogP contribution in [0.3, 0.4) is 0 Å². The molecule has 0 radical (unpaired) electrons. The molecule has 96 valence electrons. The van der Waals surface area contributed by atoms with Gasteiger partial charge in [-0.05, 0) is 44.3 Å². The van der Waals surface area contributed by atoms with Crippen LogP contribution in [0.2, 0.25) is 0 Å². The third-order valence-electron chi connectivity index (χ3n) is 3.51.